The number of nitrogens with zero attached hydrogens (tertiary/aromatic N) is 2. The second kappa shape index (κ2) is 9.03. The largest absolute Gasteiger partial charge is 0.337 e. The first-order valence-electron chi connectivity index (χ1n) is 8.33. The molecule has 1 amide bonds. The molecular weight excluding hydrogens is 284 g/mol. The molecule has 2 rings (SSSR count). The lowest BCUT2D eigenvalue weighted by molar-refractivity contribution is 0.0761. The van der Waals surface area contributed by atoms with Crippen molar-refractivity contribution < 1.29 is 4.79 Å². The van der Waals surface area contributed by atoms with Gasteiger partial charge in [0.25, 0.3) is 5.91 Å². The Bertz CT molecular complexity index is 633. The molecule has 1 aliphatic rings. The fourth-order valence-corrected chi connectivity index (χ4v) is 2.83. The summed E-state index contributed by atoms with van der Waals surface area (Å²) in [6.45, 7) is 6.94. The van der Waals surface area contributed by atoms with E-state index in [1.165, 1.54) is 12.8 Å². The van der Waals surface area contributed by atoms with Crippen LogP contribution >= 0.6 is 0 Å². The van der Waals surface area contributed by atoms with Gasteiger partial charge in [-0.05, 0) is 49.9 Å². The minimum atomic E-state index is 0.0595. The first-order valence-corrected chi connectivity index (χ1v) is 8.33. The molecule has 0 N–H and O–H groups in total. The molecular formula is C20H24N2O. The second-order valence-electron chi connectivity index (χ2n) is 5.78. The van der Waals surface area contributed by atoms with Crippen LogP contribution in [0.3, 0.4) is 0 Å². The van der Waals surface area contributed by atoms with Gasteiger partial charge in [0.05, 0.1) is 5.56 Å². The molecule has 1 aromatic rings. The number of rotatable bonds is 4. The number of hydrogen-bond acceptors (Lipinski definition) is 2. The summed E-state index contributed by atoms with van der Waals surface area (Å²) >= 11 is 0. The summed E-state index contributed by atoms with van der Waals surface area (Å²) in [5.74, 6) is 7.86. The molecule has 0 bridgehead atoms. The molecule has 0 saturated carbocycles. The third-order valence-electron chi connectivity index (χ3n) is 4.13. The van der Waals surface area contributed by atoms with Gasteiger partial charge in [-0.3, -0.25) is 4.79 Å². The number of terminal acetylenes is 1. The van der Waals surface area contributed by atoms with Gasteiger partial charge in [0.1, 0.15) is 0 Å². The zero-order valence-corrected chi connectivity index (χ0v) is 13.8. The van der Waals surface area contributed by atoms with Crippen LogP contribution in [0.1, 0.15) is 42.1 Å². The number of benzene rings is 1. The van der Waals surface area contributed by atoms with Crippen molar-refractivity contribution in [2.45, 2.75) is 26.2 Å². The van der Waals surface area contributed by atoms with E-state index in [4.69, 9.17) is 6.42 Å². The summed E-state index contributed by atoms with van der Waals surface area (Å²) in [6, 6.07) is 7.44. The van der Waals surface area contributed by atoms with Crippen LogP contribution in [0.5, 0.6) is 0 Å². The van der Waals surface area contributed by atoms with Crippen LogP contribution in [-0.4, -0.2) is 48.4 Å². The molecule has 0 atom stereocenters. The summed E-state index contributed by atoms with van der Waals surface area (Å²) in [4.78, 5) is 17.3. The Labute approximate surface area is 139 Å². The topological polar surface area (TPSA) is 23.6 Å². The predicted molar refractivity (Wildman–Crippen MR) is 94.0 cm³/mol. The normalized spacial score (nSPS) is 15.2. The quantitative estimate of drug-likeness (QED) is 0.798. The zero-order chi connectivity index (χ0) is 16.5. The lowest BCUT2D eigenvalue weighted by Gasteiger charge is -2.22. The van der Waals surface area contributed by atoms with Gasteiger partial charge < -0.3 is 9.80 Å². The zero-order valence-electron chi connectivity index (χ0n) is 13.8. The second-order valence-corrected chi connectivity index (χ2v) is 5.78. The SMILES string of the molecule is C#CC#Cc1ccccc1C(=O)N1CCCN(CCCC)CC1. The maximum absolute atomic E-state index is 12.8. The molecule has 0 unspecified atom stereocenters. The molecule has 1 fully saturated rings. The van der Waals surface area contributed by atoms with E-state index in [2.05, 4.69) is 29.6 Å². The lowest BCUT2D eigenvalue weighted by Crippen LogP contribution is -2.35. The number of unbranched alkanes of at least 4 members (excludes halogenated alkanes) is 1. The van der Waals surface area contributed by atoms with E-state index in [9.17, 15) is 4.79 Å². The van der Waals surface area contributed by atoms with Crippen molar-refractivity contribution in [3.05, 3.63) is 35.4 Å². The standard InChI is InChI=1S/C20H24N2O/c1-3-5-10-18-11-7-8-12-19(18)20(23)22-15-9-14-21(16-17-22)13-6-4-2/h1,7-8,11-12H,4,6,9,13-17H2,2H3. The van der Waals surface area contributed by atoms with Crippen molar-refractivity contribution in [2.24, 2.45) is 0 Å². The summed E-state index contributed by atoms with van der Waals surface area (Å²) in [5, 5.41) is 0. The number of carbonyl (C=O) groups is 1. The minimum absolute atomic E-state index is 0.0595. The maximum atomic E-state index is 12.8. The van der Waals surface area contributed by atoms with E-state index in [-0.39, 0.29) is 5.91 Å². The van der Waals surface area contributed by atoms with Crippen LogP contribution in [0.2, 0.25) is 0 Å². The van der Waals surface area contributed by atoms with Crippen LogP contribution in [-0.2, 0) is 0 Å². The highest BCUT2D eigenvalue weighted by Gasteiger charge is 2.21. The van der Waals surface area contributed by atoms with E-state index in [1.54, 1.807) is 0 Å². The van der Waals surface area contributed by atoms with E-state index in [0.717, 1.165) is 39.1 Å². The lowest BCUT2D eigenvalue weighted by atomic mass is 10.1. The van der Waals surface area contributed by atoms with E-state index in [0.29, 0.717) is 11.1 Å². The van der Waals surface area contributed by atoms with Crippen molar-refractivity contribution in [3.8, 4) is 24.2 Å². The Hall–Kier alpha value is -2.23. The van der Waals surface area contributed by atoms with Crippen molar-refractivity contribution in [1.29, 1.82) is 0 Å². The molecule has 3 heteroatoms. The molecule has 0 radical (unpaired) electrons. The fraction of sp³-hybridized carbons (Fsp3) is 0.450. The molecule has 0 aromatic heterocycles. The Morgan fingerprint density at radius 2 is 2.04 bits per heavy atom. The molecule has 3 nitrogen and oxygen atoms in total. The molecule has 1 aromatic carbocycles. The smallest absolute Gasteiger partial charge is 0.255 e. The van der Waals surface area contributed by atoms with Gasteiger partial charge in [-0.2, -0.15) is 0 Å². The highest BCUT2D eigenvalue weighted by Crippen LogP contribution is 2.13. The monoisotopic (exact) mass is 308 g/mol. The highest BCUT2D eigenvalue weighted by molar-refractivity contribution is 5.96. The van der Waals surface area contributed by atoms with Crippen LogP contribution < -0.4 is 0 Å². The number of hydrogen-bond donors (Lipinski definition) is 0. The third kappa shape index (κ3) is 4.88. The molecule has 1 heterocycles. The molecule has 0 aliphatic carbocycles. The first kappa shape index (κ1) is 17.1. The van der Waals surface area contributed by atoms with Gasteiger partial charge in [-0.1, -0.05) is 31.4 Å². The van der Waals surface area contributed by atoms with Gasteiger partial charge in [0.2, 0.25) is 0 Å². The van der Waals surface area contributed by atoms with Crippen LogP contribution in [0, 0.1) is 24.2 Å². The van der Waals surface area contributed by atoms with Gasteiger partial charge in [-0.25, -0.2) is 0 Å². The summed E-state index contributed by atoms with van der Waals surface area (Å²) in [5.41, 5.74) is 1.36. The summed E-state index contributed by atoms with van der Waals surface area (Å²) in [6.07, 6.45) is 8.65. The average molecular weight is 308 g/mol. The maximum Gasteiger partial charge on any atom is 0.255 e. The summed E-state index contributed by atoms with van der Waals surface area (Å²) in [7, 11) is 0. The van der Waals surface area contributed by atoms with Gasteiger partial charge in [-0.15, -0.1) is 6.42 Å². The molecule has 120 valence electrons. The van der Waals surface area contributed by atoms with Crippen LogP contribution in [0.15, 0.2) is 24.3 Å². The number of carbonyl (C=O) groups excluding carboxylic acids is 1. The van der Waals surface area contributed by atoms with Crippen LogP contribution in [0.4, 0.5) is 0 Å². The molecule has 23 heavy (non-hydrogen) atoms. The number of amides is 1. The highest BCUT2D eigenvalue weighted by atomic mass is 16.2. The average Bonchev–Trinajstić information content (AvgIpc) is 2.83. The molecule has 0 spiro atoms. The minimum Gasteiger partial charge on any atom is -0.337 e. The van der Waals surface area contributed by atoms with Gasteiger partial charge >= 0.3 is 0 Å². The van der Waals surface area contributed by atoms with Crippen molar-refractivity contribution >= 4 is 5.91 Å². The fourth-order valence-electron chi connectivity index (χ4n) is 2.83. The summed E-state index contributed by atoms with van der Waals surface area (Å²) < 4.78 is 0. The van der Waals surface area contributed by atoms with Gasteiger partial charge in [0, 0.05) is 25.2 Å². The van der Waals surface area contributed by atoms with E-state index in [1.807, 2.05) is 29.2 Å². The Morgan fingerprint density at radius 3 is 2.83 bits per heavy atom. The van der Waals surface area contributed by atoms with Crippen molar-refractivity contribution in [1.82, 2.24) is 9.80 Å². The van der Waals surface area contributed by atoms with E-state index < -0.39 is 0 Å². The molecule has 1 saturated heterocycles. The van der Waals surface area contributed by atoms with Crippen LogP contribution in [0.25, 0.3) is 0 Å². The first-order chi connectivity index (χ1) is 11.3. The Morgan fingerprint density at radius 1 is 1.22 bits per heavy atom. The molecule has 1 aliphatic heterocycles. The Balaban J connectivity index is 2.08. The predicted octanol–water partition coefficient (Wildman–Crippen LogP) is 2.62. The van der Waals surface area contributed by atoms with E-state index >= 15 is 0 Å². The Kier molecular flexibility index (Phi) is 6.73. The third-order valence-corrected chi connectivity index (χ3v) is 4.13. The van der Waals surface area contributed by atoms with Gasteiger partial charge in [0.15, 0.2) is 0 Å². The van der Waals surface area contributed by atoms with Crippen molar-refractivity contribution in [2.75, 3.05) is 32.7 Å². The van der Waals surface area contributed by atoms with Crippen molar-refractivity contribution in [3.63, 3.8) is 0 Å².